The number of nitrogens with zero attached hydrogens (tertiary/aromatic N) is 8. The number of benzene rings is 1. The van der Waals surface area contributed by atoms with E-state index in [9.17, 15) is 23.5 Å². The maximum absolute atomic E-state index is 14.6. The van der Waals surface area contributed by atoms with Crippen LogP contribution in [0.2, 0.25) is 0 Å². The van der Waals surface area contributed by atoms with E-state index in [4.69, 9.17) is 5.10 Å². The molecule has 284 valence electrons. The van der Waals surface area contributed by atoms with Crippen LogP contribution >= 0.6 is 0 Å². The molecule has 0 unspecified atom stereocenters. The van der Waals surface area contributed by atoms with E-state index in [1.165, 1.54) is 6.20 Å². The van der Waals surface area contributed by atoms with Crippen molar-refractivity contribution < 1.29 is 23.5 Å². The van der Waals surface area contributed by atoms with Crippen LogP contribution in [0.1, 0.15) is 116 Å². The van der Waals surface area contributed by atoms with Crippen LogP contribution in [0.15, 0.2) is 36.8 Å². The molecule has 14 heteroatoms. The van der Waals surface area contributed by atoms with Crippen molar-refractivity contribution in [2.24, 2.45) is 13.0 Å². The predicted octanol–water partition coefficient (Wildman–Crippen LogP) is 7.18. The Kier molecular flexibility index (Phi) is 11.0. The number of piperidine rings is 1. The number of amides is 1. The maximum Gasteiger partial charge on any atom is 0.338 e. The van der Waals surface area contributed by atoms with Crippen molar-refractivity contribution in [2.75, 3.05) is 31.5 Å². The number of carbonyl (C=O) groups is 2. The molecule has 0 spiro atoms. The molecule has 1 aromatic carbocycles. The van der Waals surface area contributed by atoms with Crippen LogP contribution in [0.5, 0.6) is 0 Å². The Bertz CT molecular complexity index is 1920. The molecule has 1 amide bonds. The third-order valence-electron chi connectivity index (χ3n) is 11.5. The molecule has 7 rings (SSSR count). The van der Waals surface area contributed by atoms with Crippen molar-refractivity contribution in [1.82, 2.24) is 39.1 Å². The Labute approximate surface area is 309 Å². The van der Waals surface area contributed by atoms with Gasteiger partial charge in [-0.25, -0.2) is 13.6 Å². The molecule has 2 N–H and O–H groups in total. The first-order valence-electron chi connectivity index (χ1n) is 19.2. The highest BCUT2D eigenvalue weighted by atomic mass is 19.3. The lowest BCUT2D eigenvalue weighted by atomic mass is 9.85. The van der Waals surface area contributed by atoms with Gasteiger partial charge in [0, 0.05) is 87.0 Å². The maximum atomic E-state index is 14.6. The van der Waals surface area contributed by atoms with Gasteiger partial charge in [0.1, 0.15) is 0 Å². The second-order valence-electron chi connectivity index (χ2n) is 15.1. The van der Waals surface area contributed by atoms with Gasteiger partial charge >= 0.3 is 5.97 Å². The molecule has 0 bridgehead atoms. The molecule has 3 aliphatic rings. The van der Waals surface area contributed by atoms with Gasteiger partial charge in [0.15, 0.2) is 5.82 Å². The van der Waals surface area contributed by atoms with Gasteiger partial charge in [0.25, 0.3) is 6.43 Å². The number of halogens is 2. The molecule has 0 radical (unpaired) electrons. The molecule has 12 nitrogen and oxygen atoms in total. The van der Waals surface area contributed by atoms with Gasteiger partial charge in [0.2, 0.25) is 5.91 Å². The predicted molar refractivity (Wildman–Crippen MR) is 197 cm³/mol. The van der Waals surface area contributed by atoms with Crippen LogP contribution in [-0.4, -0.2) is 82.3 Å². The molecule has 2 fully saturated rings. The van der Waals surface area contributed by atoms with Crippen molar-refractivity contribution in [3.8, 4) is 11.3 Å². The first kappa shape index (κ1) is 36.8. The zero-order valence-electron chi connectivity index (χ0n) is 31.0. The quantitative estimate of drug-likeness (QED) is 0.157. The number of likely N-dealkylation sites (tertiary alicyclic amines) is 1. The van der Waals surface area contributed by atoms with Crippen LogP contribution < -0.4 is 5.32 Å². The lowest BCUT2D eigenvalue weighted by Gasteiger charge is -2.37. The third-order valence-corrected chi connectivity index (χ3v) is 11.5. The molecule has 1 saturated carbocycles. The second kappa shape index (κ2) is 15.8. The number of unbranched alkanes of at least 4 members (excludes halogenated alkanes) is 1. The van der Waals surface area contributed by atoms with Gasteiger partial charge in [0.05, 0.1) is 36.1 Å². The average molecular weight is 732 g/mol. The van der Waals surface area contributed by atoms with Crippen LogP contribution in [-0.2, 0) is 31.2 Å². The highest BCUT2D eigenvalue weighted by Crippen LogP contribution is 2.39. The number of aromatic nitrogens is 6. The summed E-state index contributed by atoms with van der Waals surface area (Å²) in [5.74, 6) is 0.310. The van der Waals surface area contributed by atoms with E-state index >= 15 is 0 Å². The number of hydrogen-bond acceptors (Lipinski definition) is 7. The Morgan fingerprint density at radius 1 is 1.04 bits per heavy atom. The number of rotatable bonds is 12. The zero-order valence-corrected chi connectivity index (χ0v) is 31.0. The van der Waals surface area contributed by atoms with E-state index in [2.05, 4.69) is 32.0 Å². The minimum absolute atomic E-state index is 0.00895. The smallest absolute Gasteiger partial charge is 0.338 e. The van der Waals surface area contributed by atoms with Crippen LogP contribution in [0.3, 0.4) is 0 Å². The third kappa shape index (κ3) is 8.02. The fourth-order valence-corrected chi connectivity index (χ4v) is 8.51. The lowest BCUT2D eigenvalue weighted by molar-refractivity contribution is -0.129. The summed E-state index contributed by atoms with van der Waals surface area (Å²) < 4.78 is 34.9. The Morgan fingerprint density at radius 3 is 2.45 bits per heavy atom. The molecule has 3 aromatic heterocycles. The van der Waals surface area contributed by atoms with E-state index in [0.717, 1.165) is 94.2 Å². The van der Waals surface area contributed by atoms with Crippen LogP contribution in [0.25, 0.3) is 11.3 Å². The minimum Gasteiger partial charge on any atom is -0.478 e. The van der Waals surface area contributed by atoms with Crippen molar-refractivity contribution in [3.63, 3.8) is 0 Å². The lowest BCUT2D eigenvalue weighted by Crippen LogP contribution is -2.40. The first-order valence-corrected chi connectivity index (χ1v) is 19.2. The number of hydrogen-bond donors (Lipinski definition) is 2. The molecule has 53 heavy (non-hydrogen) atoms. The number of anilines is 2. The normalized spacial score (nSPS) is 19.8. The highest BCUT2D eigenvalue weighted by Gasteiger charge is 2.33. The minimum atomic E-state index is -2.68. The van der Waals surface area contributed by atoms with Crippen molar-refractivity contribution in [2.45, 2.75) is 103 Å². The summed E-state index contributed by atoms with van der Waals surface area (Å²) in [5.41, 5.74) is 4.79. The number of carboxylic acid groups (broad SMARTS) is 1. The topological polar surface area (TPSA) is 126 Å². The number of fused-ring (bicyclic) bond motifs is 1. The van der Waals surface area contributed by atoms with Gasteiger partial charge in [-0.15, -0.1) is 0 Å². The fraction of sp³-hybridized carbons (Fsp3) is 0.564. The molecule has 5 heterocycles. The van der Waals surface area contributed by atoms with E-state index < -0.39 is 12.4 Å². The molecule has 0 atom stereocenters. The number of alkyl halides is 2. The monoisotopic (exact) mass is 731 g/mol. The second-order valence-corrected chi connectivity index (χ2v) is 15.1. The number of aryl methyl sites for hydroxylation is 2. The van der Waals surface area contributed by atoms with Crippen molar-refractivity contribution >= 4 is 23.4 Å². The van der Waals surface area contributed by atoms with Crippen LogP contribution in [0.4, 0.5) is 20.3 Å². The summed E-state index contributed by atoms with van der Waals surface area (Å²) in [4.78, 5) is 28.2. The van der Waals surface area contributed by atoms with Gasteiger partial charge in [-0.1, -0.05) is 13.3 Å². The van der Waals surface area contributed by atoms with Gasteiger partial charge in [-0.05, 0) is 81.0 Å². The highest BCUT2D eigenvalue weighted by molar-refractivity contribution is 5.86. The molecule has 2 aliphatic heterocycles. The zero-order chi connectivity index (χ0) is 37.2. The summed E-state index contributed by atoms with van der Waals surface area (Å²) in [6.45, 7) is 7.76. The molecule has 1 saturated heterocycles. The summed E-state index contributed by atoms with van der Waals surface area (Å²) in [7, 11) is 1.78. The van der Waals surface area contributed by atoms with E-state index in [0.29, 0.717) is 48.2 Å². The number of nitrogens with one attached hydrogen (secondary N) is 1. The number of carboxylic acids is 1. The standard InChI is InChI=1S/C39H51F2N9O3/c1-4-5-6-27-19-31(34-13-15-46(3)44-34)32(37(40)41)20-35(27)43-38-33-24-48(25(2)51)18-14-36(33)50(45-38)30-11-16-47(17-12-30)22-26-7-9-29(10-8-26)49-23-28(21-42-49)39(52)53/h13,15,19-21,23,26,29-30,37H,4-12,14,16-18,22,24H2,1-3H3,(H,43,45)(H,52,53). The van der Waals surface area contributed by atoms with E-state index in [1.807, 2.05) is 15.6 Å². The Hall–Kier alpha value is -4.59. The largest absolute Gasteiger partial charge is 0.478 e. The SMILES string of the molecule is CCCCc1cc(-c2ccn(C)n2)c(C(F)F)cc1Nc1nn(C2CCN(CC3CCC(n4cc(C(=O)O)cn4)CC3)CC2)c2c1CN(C(C)=O)CC2. The van der Waals surface area contributed by atoms with Crippen molar-refractivity contribution in [3.05, 3.63) is 64.7 Å². The summed E-state index contributed by atoms with van der Waals surface area (Å²) in [6.07, 6.45) is 11.6. The van der Waals surface area contributed by atoms with Gasteiger partial charge in [-0.3, -0.25) is 18.8 Å². The molecular weight excluding hydrogens is 680 g/mol. The first-order chi connectivity index (χ1) is 25.6. The van der Waals surface area contributed by atoms with Crippen LogP contribution in [0, 0.1) is 5.92 Å². The summed E-state index contributed by atoms with van der Waals surface area (Å²) >= 11 is 0. The van der Waals surface area contributed by atoms with Crippen molar-refractivity contribution in [1.29, 1.82) is 0 Å². The van der Waals surface area contributed by atoms with Gasteiger partial charge in [-0.2, -0.15) is 15.3 Å². The van der Waals surface area contributed by atoms with E-state index in [-0.39, 0.29) is 29.1 Å². The molecule has 4 aromatic rings. The van der Waals surface area contributed by atoms with E-state index in [1.54, 1.807) is 43.2 Å². The average Bonchev–Trinajstić information content (AvgIpc) is 3.91. The molecule has 1 aliphatic carbocycles. The fourth-order valence-electron chi connectivity index (χ4n) is 8.51. The summed E-state index contributed by atoms with van der Waals surface area (Å²) in [6, 6.07) is 5.67. The number of aromatic carboxylic acids is 1. The Balaban J connectivity index is 1.07. The Morgan fingerprint density at radius 2 is 1.81 bits per heavy atom. The summed E-state index contributed by atoms with van der Waals surface area (Å²) in [5, 5.41) is 26.7. The molecular formula is C39H51F2N9O3. The van der Waals surface area contributed by atoms with Gasteiger partial charge < -0.3 is 20.2 Å². The number of carbonyl (C=O) groups excluding carboxylic acids is 1.